The fourth-order valence-corrected chi connectivity index (χ4v) is 2.06. The minimum atomic E-state index is -0.333. The molecule has 1 N–H and O–H groups in total. The zero-order valence-electron chi connectivity index (χ0n) is 7.78. The minimum absolute atomic E-state index is 0.288. The van der Waals surface area contributed by atoms with E-state index in [1.54, 1.807) is 18.2 Å². The minimum Gasteiger partial charge on any atom is -0.320 e. The van der Waals surface area contributed by atoms with Crippen LogP contribution in [0.2, 0.25) is 10.0 Å². The van der Waals surface area contributed by atoms with Gasteiger partial charge in [0.2, 0.25) is 5.01 Å². The van der Waals surface area contributed by atoms with Crippen LogP contribution in [0.3, 0.4) is 0 Å². The van der Waals surface area contributed by atoms with Gasteiger partial charge in [-0.05, 0) is 18.2 Å². The zero-order valence-corrected chi connectivity index (χ0v) is 10.1. The van der Waals surface area contributed by atoms with Gasteiger partial charge in [0.15, 0.2) is 0 Å². The van der Waals surface area contributed by atoms with E-state index in [0.717, 1.165) is 11.3 Å². The van der Waals surface area contributed by atoms with Crippen LogP contribution in [-0.2, 0) is 0 Å². The number of hydrogen-bond acceptors (Lipinski definition) is 4. The molecule has 2 aromatic rings. The van der Waals surface area contributed by atoms with E-state index >= 15 is 0 Å². The van der Waals surface area contributed by atoms with Crippen molar-refractivity contribution in [3.63, 3.8) is 0 Å². The highest BCUT2D eigenvalue weighted by Crippen LogP contribution is 2.22. The molecule has 4 nitrogen and oxygen atoms in total. The number of carbonyl (C=O) groups is 1. The SMILES string of the molecule is O=C(Nc1cc(Cl)cc(Cl)c1)c1nncs1. The quantitative estimate of drug-likeness (QED) is 0.915. The van der Waals surface area contributed by atoms with E-state index in [1.165, 1.54) is 5.51 Å². The number of hydrogen-bond donors (Lipinski definition) is 1. The zero-order chi connectivity index (χ0) is 11.5. The standard InChI is InChI=1S/C9H5Cl2N3OS/c10-5-1-6(11)3-7(2-5)13-8(15)9-14-12-4-16-9/h1-4H,(H,13,15). The van der Waals surface area contributed by atoms with Gasteiger partial charge in [0.1, 0.15) is 5.51 Å². The molecule has 0 fully saturated rings. The number of halogens is 2. The van der Waals surface area contributed by atoms with Gasteiger partial charge in [0.25, 0.3) is 5.91 Å². The number of rotatable bonds is 2. The average molecular weight is 274 g/mol. The van der Waals surface area contributed by atoms with Crippen LogP contribution in [0.1, 0.15) is 9.80 Å². The van der Waals surface area contributed by atoms with E-state index in [2.05, 4.69) is 15.5 Å². The molecule has 0 aliphatic carbocycles. The maximum absolute atomic E-state index is 11.6. The van der Waals surface area contributed by atoms with E-state index in [1.807, 2.05) is 0 Å². The number of nitrogens with zero attached hydrogens (tertiary/aromatic N) is 2. The normalized spacial score (nSPS) is 10.1. The van der Waals surface area contributed by atoms with Crippen LogP contribution in [0, 0.1) is 0 Å². The van der Waals surface area contributed by atoms with Crippen molar-refractivity contribution in [1.82, 2.24) is 10.2 Å². The van der Waals surface area contributed by atoms with E-state index in [-0.39, 0.29) is 10.9 Å². The first-order valence-electron chi connectivity index (χ1n) is 4.19. The number of nitrogens with one attached hydrogen (secondary N) is 1. The molecular weight excluding hydrogens is 269 g/mol. The number of aromatic nitrogens is 2. The summed E-state index contributed by atoms with van der Waals surface area (Å²) < 4.78 is 0. The first-order chi connectivity index (χ1) is 7.65. The molecular formula is C9H5Cl2N3OS. The molecule has 1 heterocycles. The third kappa shape index (κ3) is 2.69. The molecule has 0 atom stereocenters. The number of amides is 1. The first-order valence-corrected chi connectivity index (χ1v) is 5.82. The molecule has 0 aliphatic rings. The Labute approximate surface area is 105 Å². The van der Waals surface area contributed by atoms with E-state index < -0.39 is 0 Å². The maximum Gasteiger partial charge on any atom is 0.286 e. The molecule has 0 unspecified atom stereocenters. The van der Waals surface area contributed by atoms with Crippen molar-refractivity contribution in [2.45, 2.75) is 0 Å². The summed E-state index contributed by atoms with van der Waals surface area (Å²) in [6.07, 6.45) is 0. The summed E-state index contributed by atoms with van der Waals surface area (Å²) in [5.41, 5.74) is 2.01. The molecule has 0 spiro atoms. The molecule has 0 bridgehead atoms. The fraction of sp³-hybridized carbons (Fsp3) is 0. The largest absolute Gasteiger partial charge is 0.320 e. The van der Waals surface area contributed by atoms with Gasteiger partial charge in [-0.3, -0.25) is 4.79 Å². The predicted octanol–water partition coefficient (Wildman–Crippen LogP) is 3.10. The van der Waals surface area contributed by atoms with Crippen LogP contribution in [0.4, 0.5) is 5.69 Å². The van der Waals surface area contributed by atoms with E-state index in [4.69, 9.17) is 23.2 Å². The third-order valence-electron chi connectivity index (χ3n) is 1.67. The third-order valence-corrected chi connectivity index (χ3v) is 2.80. The van der Waals surface area contributed by atoms with Crippen LogP contribution >= 0.6 is 34.5 Å². The summed E-state index contributed by atoms with van der Waals surface area (Å²) in [5, 5.41) is 11.1. The smallest absolute Gasteiger partial charge is 0.286 e. The lowest BCUT2D eigenvalue weighted by Gasteiger charge is -2.03. The topological polar surface area (TPSA) is 54.9 Å². The summed E-state index contributed by atoms with van der Waals surface area (Å²) in [4.78, 5) is 11.6. The van der Waals surface area contributed by atoms with Crippen molar-refractivity contribution in [3.05, 3.63) is 38.8 Å². The molecule has 7 heteroatoms. The molecule has 0 aliphatic heterocycles. The maximum atomic E-state index is 11.6. The first kappa shape index (κ1) is 11.3. The molecule has 1 amide bonds. The van der Waals surface area contributed by atoms with Gasteiger partial charge in [-0.2, -0.15) is 0 Å². The Hall–Kier alpha value is -1.17. The summed E-state index contributed by atoms with van der Waals surface area (Å²) >= 11 is 12.8. The molecule has 82 valence electrons. The lowest BCUT2D eigenvalue weighted by atomic mass is 10.3. The van der Waals surface area contributed by atoms with Gasteiger partial charge in [-0.15, -0.1) is 10.2 Å². The molecule has 2 rings (SSSR count). The molecule has 0 saturated heterocycles. The Bertz CT molecular complexity index is 495. The van der Waals surface area contributed by atoms with Crippen molar-refractivity contribution in [1.29, 1.82) is 0 Å². The van der Waals surface area contributed by atoms with Gasteiger partial charge < -0.3 is 5.32 Å². The Balaban J connectivity index is 2.18. The number of benzene rings is 1. The fourth-order valence-electron chi connectivity index (χ4n) is 1.08. The summed E-state index contributed by atoms with van der Waals surface area (Å²) in [5.74, 6) is -0.333. The Kier molecular flexibility index (Phi) is 3.38. The highest BCUT2D eigenvalue weighted by molar-refractivity contribution is 7.11. The molecule has 16 heavy (non-hydrogen) atoms. The van der Waals surface area contributed by atoms with Crippen molar-refractivity contribution in [2.75, 3.05) is 5.32 Å². The van der Waals surface area contributed by atoms with Crippen molar-refractivity contribution in [3.8, 4) is 0 Å². The number of carbonyl (C=O) groups excluding carboxylic acids is 1. The Morgan fingerprint density at radius 1 is 1.25 bits per heavy atom. The Morgan fingerprint density at radius 3 is 2.50 bits per heavy atom. The highest BCUT2D eigenvalue weighted by atomic mass is 35.5. The number of anilines is 1. The van der Waals surface area contributed by atoms with Gasteiger partial charge in [0, 0.05) is 15.7 Å². The second-order valence-corrected chi connectivity index (χ2v) is 4.56. The van der Waals surface area contributed by atoms with Gasteiger partial charge >= 0.3 is 0 Å². The van der Waals surface area contributed by atoms with E-state index in [9.17, 15) is 4.79 Å². The van der Waals surface area contributed by atoms with Crippen LogP contribution in [0.25, 0.3) is 0 Å². The highest BCUT2D eigenvalue weighted by Gasteiger charge is 2.10. The lowest BCUT2D eigenvalue weighted by molar-refractivity contribution is 0.102. The van der Waals surface area contributed by atoms with Gasteiger partial charge in [-0.1, -0.05) is 34.5 Å². The van der Waals surface area contributed by atoms with Crippen molar-refractivity contribution >= 4 is 46.1 Å². The van der Waals surface area contributed by atoms with Gasteiger partial charge in [0.05, 0.1) is 0 Å². The second kappa shape index (κ2) is 4.78. The molecule has 0 saturated carbocycles. The second-order valence-electron chi connectivity index (χ2n) is 2.86. The van der Waals surface area contributed by atoms with Gasteiger partial charge in [-0.25, -0.2) is 0 Å². The van der Waals surface area contributed by atoms with Crippen LogP contribution in [0.15, 0.2) is 23.7 Å². The van der Waals surface area contributed by atoms with Crippen LogP contribution < -0.4 is 5.32 Å². The van der Waals surface area contributed by atoms with Crippen molar-refractivity contribution < 1.29 is 4.79 Å². The summed E-state index contributed by atoms with van der Waals surface area (Å²) in [6, 6.07) is 4.79. The summed E-state index contributed by atoms with van der Waals surface area (Å²) in [6.45, 7) is 0. The van der Waals surface area contributed by atoms with Crippen molar-refractivity contribution in [2.24, 2.45) is 0 Å². The monoisotopic (exact) mass is 273 g/mol. The molecule has 0 radical (unpaired) electrons. The van der Waals surface area contributed by atoms with E-state index in [0.29, 0.717) is 15.7 Å². The lowest BCUT2D eigenvalue weighted by Crippen LogP contribution is -2.11. The molecule has 1 aromatic heterocycles. The Morgan fingerprint density at radius 2 is 1.94 bits per heavy atom. The molecule has 1 aromatic carbocycles. The van der Waals surface area contributed by atoms with Crippen LogP contribution in [-0.4, -0.2) is 16.1 Å². The average Bonchev–Trinajstić information content (AvgIpc) is 2.68. The summed E-state index contributed by atoms with van der Waals surface area (Å²) in [7, 11) is 0. The van der Waals surface area contributed by atoms with Crippen LogP contribution in [0.5, 0.6) is 0 Å². The predicted molar refractivity (Wildman–Crippen MR) is 64.3 cm³/mol.